The number of guanidine groups is 1. The van der Waals surface area contributed by atoms with Crippen molar-refractivity contribution in [3.63, 3.8) is 0 Å². The summed E-state index contributed by atoms with van der Waals surface area (Å²) in [6.45, 7) is 5.44. The summed E-state index contributed by atoms with van der Waals surface area (Å²) in [5, 5.41) is 3.15. The molecule has 0 radical (unpaired) electrons. The molecular formula is C18H27F3IN3O3S. The van der Waals surface area contributed by atoms with Crippen molar-refractivity contribution < 1.29 is 26.3 Å². The Labute approximate surface area is 186 Å². The second kappa shape index (κ2) is 10.2. The fourth-order valence-corrected chi connectivity index (χ4v) is 4.18. The number of aliphatic imine (C=N–C) groups is 1. The molecule has 0 spiro atoms. The van der Waals surface area contributed by atoms with Gasteiger partial charge in [-0.2, -0.15) is 13.2 Å². The minimum absolute atomic E-state index is 0. The van der Waals surface area contributed by atoms with Crippen LogP contribution in [-0.4, -0.2) is 62.2 Å². The highest BCUT2D eigenvalue weighted by atomic mass is 127. The van der Waals surface area contributed by atoms with Crippen molar-refractivity contribution in [2.24, 2.45) is 4.99 Å². The van der Waals surface area contributed by atoms with Crippen LogP contribution in [0.5, 0.6) is 5.75 Å². The molecule has 1 aromatic rings. The zero-order valence-electron chi connectivity index (χ0n) is 16.6. The van der Waals surface area contributed by atoms with Crippen molar-refractivity contribution in [3.05, 3.63) is 29.8 Å². The van der Waals surface area contributed by atoms with Crippen LogP contribution in [-0.2, 0) is 16.4 Å². The predicted octanol–water partition coefficient (Wildman–Crippen LogP) is 3.22. The van der Waals surface area contributed by atoms with Crippen LogP contribution >= 0.6 is 24.0 Å². The molecule has 6 nitrogen and oxygen atoms in total. The number of alkyl halides is 3. The van der Waals surface area contributed by atoms with E-state index in [-0.39, 0.29) is 42.0 Å². The summed E-state index contributed by atoms with van der Waals surface area (Å²) < 4.78 is 65.2. The summed E-state index contributed by atoms with van der Waals surface area (Å²) in [7, 11) is -3.17. The lowest BCUT2D eigenvalue weighted by atomic mass is 10.2. The molecule has 0 saturated carbocycles. The van der Waals surface area contributed by atoms with E-state index in [0.717, 1.165) is 0 Å². The maximum Gasteiger partial charge on any atom is 0.422 e. The van der Waals surface area contributed by atoms with E-state index >= 15 is 0 Å². The number of rotatable bonds is 5. The van der Waals surface area contributed by atoms with Crippen LogP contribution in [0.25, 0.3) is 0 Å². The molecular weight excluding hydrogens is 522 g/mol. The van der Waals surface area contributed by atoms with E-state index in [0.29, 0.717) is 31.2 Å². The fraction of sp³-hybridized carbons (Fsp3) is 0.611. The van der Waals surface area contributed by atoms with Crippen LogP contribution in [0.3, 0.4) is 0 Å². The van der Waals surface area contributed by atoms with Gasteiger partial charge in [-0.1, -0.05) is 12.1 Å². The fourth-order valence-electron chi connectivity index (χ4n) is 2.82. The van der Waals surface area contributed by atoms with Crippen molar-refractivity contribution >= 4 is 39.8 Å². The summed E-state index contributed by atoms with van der Waals surface area (Å²) in [6, 6.07) is 6.34. The molecule has 0 amide bonds. The van der Waals surface area contributed by atoms with Crippen molar-refractivity contribution in [3.8, 4) is 5.75 Å². The first-order valence-electron chi connectivity index (χ1n) is 8.97. The summed E-state index contributed by atoms with van der Waals surface area (Å²) in [4.78, 5) is 6.43. The van der Waals surface area contributed by atoms with E-state index in [9.17, 15) is 21.6 Å². The molecule has 0 unspecified atom stereocenters. The number of hydrogen-bond donors (Lipinski definition) is 1. The number of benzene rings is 1. The predicted molar refractivity (Wildman–Crippen MR) is 118 cm³/mol. The molecule has 1 fully saturated rings. The first kappa shape index (κ1) is 25.8. The highest BCUT2D eigenvalue weighted by Gasteiger charge is 2.40. The number of nitrogens with one attached hydrogen (secondary N) is 1. The van der Waals surface area contributed by atoms with Crippen molar-refractivity contribution in [2.75, 3.05) is 32.0 Å². The molecule has 1 aliphatic rings. The number of halogens is 4. The van der Waals surface area contributed by atoms with Gasteiger partial charge in [-0.15, -0.1) is 24.0 Å². The van der Waals surface area contributed by atoms with Gasteiger partial charge in [0.15, 0.2) is 22.4 Å². The normalized spacial score (nSPS) is 18.7. The summed E-state index contributed by atoms with van der Waals surface area (Å²) in [5.74, 6) is 0.748. The Morgan fingerprint density at radius 2 is 2.03 bits per heavy atom. The molecule has 1 aliphatic heterocycles. The van der Waals surface area contributed by atoms with Gasteiger partial charge in [0, 0.05) is 19.6 Å². The van der Waals surface area contributed by atoms with Gasteiger partial charge in [0.1, 0.15) is 5.75 Å². The third-order valence-electron chi connectivity index (χ3n) is 4.39. The quantitative estimate of drug-likeness (QED) is 0.347. The van der Waals surface area contributed by atoms with Gasteiger partial charge >= 0.3 is 6.18 Å². The lowest BCUT2D eigenvalue weighted by molar-refractivity contribution is -0.153. The molecule has 166 valence electrons. The largest absolute Gasteiger partial charge is 0.484 e. The Bertz CT molecular complexity index is 814. The molecule has 0 aromatic heterocycles. The third-order valence-corrected chi connectivity index (χ3v) is 6.92. The first-order valence-corrected chi connectivity index (χ1v) is 10.6. The second-order valence-corrected chi connectivity index (χ2v) is 9.96. The average Bonchev–Trinajstić information content (AvgIpc) is 2.59. The van der Waals surface area contributed by atoms with Crippen LogP contribution in [0.4, 0.5) is 13.2 Å². The lowest BCUT2D eigenvalue weighted by Gasteiger charge is -2.39. The van der Waals surface area contributed by atoms with Gasteiger partial charge in [0.05, 0.1) is 17.0 Å². The third kappa shape index (κ3) is 7.50. The van der Waals surface area contributed by atoms with Crippen molar-refractivity contribution in [2.45, 2.75) is 38.2 Å². The topological polar surface area (TPSA) is 71.0 Å². The Kier molecular flexibility index (Phi) is 9.06. The first-order chi connectivity index (χ1) is 12.9. The van der Waals surface area contributed by atoms with Crippen LogP contribution in [0.2, 0.25) is 0 Å². The standard InChI is InChI=1S/C18H26F3N3O3S.HI/c1-4-22-16(24-8-9-28(25,26)17(2,3)12-24)23-11-14-6-5-7-15(10-14)27-13-18(19,20)21;/h5-7,10H,4,8-9,11-13H2,1-3H3,(H,22,23);1H. The molecule has 1 N–H and O–H groups in total. The molecule has 1 saturated heterocycles. The Morgan fingerprint density at radius 1 is 1.34 bits per heavy atom. The molecule has 1 heterocycles. The molecule has 29 heavy (non-hydrogen) atoms. The summed E-state index contributed by atoms with van der Waals surface area (Å²) in [6.07, 6.45) is -4.40. The van der Waals surface area contributed by atoms with Crippen LogP contribution in [0.15, 0.2) is 29.3 Å². The molecule has 0 bridgehead atoms. The van der Waals surface area contributed by atoms with E-state index in [1.54, 1.807) is 26.0 Å². The van der Waals surface area contributed by atoms with Crippen molar-refractivity contribution in [1.29, 1.82) is 0 Å². The van der Waals surface area contributed by atoms with E-state index in [1.165, 1.54) is 12.1 Å². The van der Waals surface area contributed by atoms with E-state index < -0.39 is 27.4 Å². The number of ether oxygens (including phenoxy) is 1. The van der Waals surface area contributed by atoms with Crippen molar-refractivity contribution in [1.82, 2.24) is 10.2 Å². The van der Waals surface area contributed by atoms with E-state index in [1.807, 2.05) is 11.8 Å². The summed E-state index contributed by atoms with van der Waals surface area (Å²) in [5.41, 5.74) is 0.693. The molecule has 1 aromatic carbocycles. The highest BCUT2D eigenvalue weighted by Crippen LogP contribution is 2.24. The van der Waals surface area contributed by atoms with Gasteiger partial charge in [0.25, 0.3) is 0 Å². The smallest absolute Gasteiger partial charge is 0.422 e. The average molecular weight is 549 g/mol. The Morgan fingerprint density at radius 3 is 2.62 bits per heavy atom. The van der Waals surface area contributed by atoms with Gasteiger partial charge < -0.3 is 15.0 Å². The highest BCUT2D eigenvalue weighted by molar-refractivity contribution is 14.0. The van der Waals surface area contributed by atoms with E-state index in [2.05, 4.69) is 10.3 Å². The minimum atomic E-state index is -4.40. The molecule has 0 aliphatic carbocycles. The van der Waals surface area contributed by atoms with Gasteiger partial charge in [-0.3, -0.25) is 0 Å². The van der Waals surface area contributed by atoms with Gasteiger partial charge in [-0.05, 0) is 38.5 Å². The Balaban J connectivity index is 0.00000420. The maximum absolute atomic E-state index is 12.3. The Hall–Kier alpha value is -1.24. The molecule has 2 rings (SSSR count). The lowest BCUT2D eigenvalue weighted by Crippen LogP contribution is -2.57. The van der Waals surface area contributed by atoms with Crippen LogP contribution in [0, 0.1) is 0 Å². The van der Waals surface area contributed by atoms with E-state index in [4.69, 9.17) is 4.74 Å². The van der Waals surface area contributed by atoms with Crippen LogP contribution in [0.1, 0.15) is 26.3 Å². The molecule has 11 heteroatoms. The minimum Gasteiger partial charge on any atom is -0.484 e. The number of hydrogen-bond acceptors (Lipinski definition) is 4. The second-order valence-electron chi connectivity index (χ2n) is 7.22. The molecule has 0 atom stereocenters. The maximum atomic E-state index is 12.3. The zero-order chi connectivity index (χ0) is 21.0. The zero-order valence-corrected chi connectivity index (χ0v) is 19.8. The number of nitrogens with zero attached hydrogens (tertiary/aromatic N) is 2. The van der Waals surface area contributed by atoms with Gasteiger partial charge in [0.2, 0.25) is 0 Å². The van der Waals surface area contributed by atoms with Gasteiger partial charge in [-0.25, -0.2) is 13.4 Å². The summed E-state index contributed by atoms with van der Waals surface area (Å²) >= 11 is 0. The SMILES string of the molecule is CCNC(=NCc1cccc(OCC(F)(F)F)c1)N1CCS(=O)(=O)C(C)(C)C1.I. The van der Waals surface area contributed by atoms with Crippen LogP contribution < -0.4 is 10.1 Å². The number of sulfone groups is 1. The monoisotopic (exact) mass is 549 g/mol.